The lowest BCUT2D eigenvalue weighted by molar-refractivity contribution is 0.102. The Morgan fingerprint density at radius 1 is 0.900 bits per heavy atom. The van der Waals surface area contributed by atoms with E-state index in [0.717, 1.165) is 28.1 Å². The fourth-order valence-corrected chi connectivity index (χ4v) is 3.75. The number of carbonyl (C=O) groups excluding carboxylic acids is 1. The summed E-state index contributed by atoms with van der Waals surface area (Å²) in [4.78, 5) is 17.3. The van der Waals surface area contributed by atoms with E-state index in [4.69, 9.17) is 18.9 Å². The number of nitrogens with one attached hydrogen (secondary N) is 1. The van der Waals surface area contributed by atoms with Crippen LogP contribution in [0.3, 0.4) is 0 Å². The molecule has 0 aliphatic carbocycles. The molecule has 0 atom stereocenters. The Morgan fingerprint density at radius 3 is 2.10 bits per heavy atom. The van der Waals surface area contributed by atoms with Crippen LogP contribution in [-0.4, -0.2) is 39.3 Å². The second-order valence-electron chi connectivity index (χ2n) is 6.53. The predicted octanol–water partition coefficient (Wildman–Crippen LogP) is 4.71. The van der Waals surface area contributed by atoms with Crippen molar-refractivity contribution < 1.29 is 23.7 Å². The van der Waals surface area contributed by atoms with Crippen LogP contribution >= 0.6 is 11.3 Å². The van der Waals surface area contributed by atoms with Gasteiger partial charge in [-0.3, -0.25) is 10.1 Å². The molecule has 1 aromatic heterocycles. The SMILES string of the molecule is COc1cc(-c2csc(NC(=O)c3cc(OC)c(OC)c(OC)c3)n2)cc(C)c1C. The molecule has 0 fully saturated rings. The molecule has 0 aliphatic heterocycles. The van der Waals surface area contributed by atoms with Gasteiger partial charge in [0.1, 0.15) is 5.75 Å². The maximum absolute atomic E-state index is 12.8. The molecule has 8 heteroatoms. The van der Waals surface area contributed by atoms with Gasteiger partial charge in [-0.15, -0.1) is 11.3 Å². The van der Waals surface area contributed by atoms with Gasteiger partial charge in [-0.05, 0) is 49.2 Å². The molecule has 0 radical (unpaired) electrons. The van der Waals surface area contributed by atoms with Gasteiger partial charge >= 0.3 is 0 Å². The maximum Gasteiger partial charge on any atom is 0.257 e. The zero-order chi connectivity index (χ0) is 21.8. The maximum atomic E-state index is 12.8. The molecule has 3 aromatic rings. The monoisotopic (exact) mass is 428 g/mol. The van der Waals surface area contributed by atoms with Crippen molar-refractivity contribution in [2.45, 2.75) is 13.8 Å². The zero-order valence-corrected chi connectivity index (χ0v) is 18.6. The molecular formula is C22H24N2O5S. The third kappa shape index (κ3) is 4.18. The number of benzene rings is 2. The van der Waals surface area contributed by atoms with Crippen molar-refractivity contribution in [3.8, 4) is 34.3 Å². The lowest BCUT2D eigenvalue weighted by atomic mass is 10.0. The van der Waals surface area contributed by atoms with Crippen LogP contribution in [-0.2, 0) is 0 Å². The first-order valence-corrected chi connectivity index (χ1v) is 10.0. The normalized spacial score (nSPS) is 10.5. The van der Waals surface area contributed by atoms with Crippen LogP contribution < -0.4 is 24.3 Å². The number of nitrogens with zero attached hydrogens (tertiary/aromatic N) is 1. The van der Waals surface area contributed by atoms with Gasteiger partial charge in [-0.1, -0.05) is 0 Å². The van der Waals surface area contributed by atoms with Crippen LogP contribution in [0.2, 0.25) is 0 Å². The van der Waals surface area contributed by atoms with E-state index < -0.39 is 0 Å². The second kappa shape index (κ2) is 9.04. The van der Waals surface area contributed by atoms with E-state index in [1.807, 2.05) is 25.3 Å². The summed E-state index contributed by atoms with van der Waals surface area (Å²) in [6, 6.07) is 7.19. The van der Waals surface area contributed by atoms with E-state index in [1.165, 1.54) is 32.7 Å². The second-order valence-corrected chi connectivity index (χ2v) is 7.38. The third-order valence-electron chi connectivity index (χ3n) is 4.79. The molecule has 158 valence electrons. The molecule has 0 saturated carbocycles. The fraction of sp³-hybridized carbons (Fsp3) is 0.273. The largest absolute Gasteiger partial charge is 0.496 e. The highest BCUT2D eigenvalue weighted by molar-refractivity contribution is 7.14. The number of rotatable bonds is 7. The van der Waals surface area contributed by atoms with Gasteiger partial charge in [0, 0.05) is 16.5 Å². The van der Waals surface area contributed by atoms with Gasteiger partial charge in [0.25, 0.3) is 5.91 Å². The molecule has 1 N–H and O–H groups in total. The molecule has 30 heavy (non-hydrogen) atoms. The Hall–Kier alpha value is -3.26. The van der Waals surface area contributed by atoms with Crippen LogP contribution in [0.1, 0.15) is 21.5 Å². The summed E-state index contributed by atoms with van der Waals surface area (Å²) in [5, 5.41) is 5.21. The van der Waals surface area contributed by atoms with Crippen molar-refractivity contribution in [3.05, 3.63) is 46.3 Å². The topological polar surface area (TPSA) is 78.9 Å². The first-order chi connectivity index (χ1) is 14.4. The Bertz CT molecular complexity index is 1050. The van der Waals surface area contributed by atoms with Crippen molar-refractivity contribution in [1.29, 1.82) is 0 Å². The van der Waals surface area contributed by atoms with E-state index >= 15 is 0 Å². The minimum Gasteiger partial charge on any atom is -0.496 e. The van der Waals surface area contributed by atoms with Gasteiger partial charge in [0.15, 0.2) is 16.6 Å². The van der Waals surface area contributed by atoms with Gasteiger partial charge in [0.2, 0.25) is 5.75 Å². The van der Waals surface area contributed by atoms with Crippen molar-refractivity contribution in [2.24, 2.45) is 0 Å². The van der Waals surface area contributed by atoms with Crippen molar-refractivity contribution in [1.82, 2.24) is 4.98 Å². The number of methoxy groups -OCH3 is 4. The standard InChI is InChI=1S/C22H24N2O5S/c1-12-7-14(8-17(26-3)13(12)2)16-11-30-22(23-16)24-21(25)15-9-18(27-4)20(29-6)19(10-15)28-5/h7-11H,1-6H3,(H,23,24,25). The highest BCUT2D eigenvalue weighted by atomic mass is 32.1. The average molecular weight is 429 g/mol. The molecule has 7 nitrogen and oxygen atoms in total. The summed E-state index contributed by atoms with van der Waals surface area (Å²) in [6.07, 6.45) is 0. The Balaban J connectivity index is 1.86. The summed E-state index contributed by atoms with van der Waals surface area (Å²) in [6.45, 7) is 4.04. The number of hydrogen-bond acceptors (Lipinski definition) is 7. The lowest BCUT2D eigenvalue weighted by Crippen LogP contribution is -2.12. The molecule has 0 bridgehead atoms. The Labute approximate surface area is 179 Å². The van der Waals surface area contributed by atoms with Gasteiger partial charge in [-0.25, -0.2) is 4.98 Å². The number of carbonyl (C=O) groups is 1. The number of aryl methyl sites for hydroxylation is 1. The first-order valence-electron chi connectivity index (χ1n) is 9.14. The van der Waals surface area contributed by atoms with Crippen LogP contribution in [0.15, 0.2) is 29.6 Å². The van der Waals surface area contributed by atoms with Gasteiger partial charge in [0.05, 0.1) is 34.1 Å². The third-order valence-corrected chi connectivity index (χ3v) is 5.54. The quantitative estimate of drug-likeness (QED) is 0.587. The van der Waals surface area contributed by atoms with E-state index in [1.54, 1.807) is 19.2 Å². The summed E-state index contributed by atoms with van der Waals surface area (Å²) >= 11 is 1.35. The van der Waals surface area contributed by atoms with Crippen LogP contribution in [0.4, 0.5) is 5.13 Å². The zero-order valence-electron chi connectivity index (χ0n) is 17.8. The molecule has 0 spiro atoms. The minimum atomic E-state index is -0.326. The number of ether oxygens (including phenoxy) is 4. The highest BCUT2D eigenvalue weighted by Gasteiger charge is 2.18. The molecule has 3 rings (SSSR count). The summed E-state index contributed by atoms with van der Waals surface area (Å²) < 4.78 is 21.4. The fourth-order valence-electron chi connectivity index (χ4n) is 3.03. The van der Waals surface area contributed by atoms with Crippen LogP contribution in [0.25, 0.3) is 11.3 Å². The molecule has 2 aromatic carbocycles. The van der Waals surface area contributed by atoms with Gasteiger partial charge in [-0.2, -0.15) is 0 Å². The highest BCUT2D eigenvalue weighted by Crippen LogP contribution is 2.38. The first kappa shape index (κ1) is 21.4. The van der Waals surface area contributed by atoms with E-state index in [2.05, 4.69) is 16.4 Å². The van der Waals surface area contributed by atoms with Crippen molar-refractivity contribution >= 4 is 22.4 Å². The minimum absolute atomic E-state index is 0.326. The lowest BCUT2D eigenvalue weighted by Gasteiger charge is -2.13. The van der Waals surface area contributed by atoms with Crippen LogP contribution in [0, 0.1) is 13.8 Å². The Morgan fingerprint density at radius 2 is 1.53 bits per heavy atom. The van der Waals surface area contributed by atoms with Crippen LogP contribution in [0.5, 0.6) is 23.0 Å². The van der Waals surface area contributed by atoms with Gasteiger partial charge < -0.3 is 18.9 Å². The van der Waals surface area contributed by atoms with E-state index in [-0.39, 0.29) is 5.91 Å². The van der Waals surface area contributed by atoms with Crippen molar-refractivity contribution in [2.75, 3.05) is 33.8 Å². The summed E-state index contributed by atoms with van der Waals surface area (Å²) in [5.41, 5.74) is 4.27. The number of anilines is 1. The molecular weight excluding hydrogens is 404 g/mol. The summed E-state index contributed by atoms with van der Waals surface area (Å²) in [7, 11) is 6.17. The van der Waals surface area contributed by atoms with E-state index in [9.17, 15) is 4.79 Å². The Kier molecular flexibility index (Phi) is 6.47. The predicted molar refractivity (Wildman–Crippen MR) is 118 cm³/mol. The smallest absolute Gasteiger partial charge is 0.257 e. The molecule has 1 heterocycles. The van der Waals surface area contributed by atoms with Crippen molar-refractivity contribution in [3.63, 3.8) is 0 Å². The molecule has 0 aliphatic rings. The number of thiazole rings is 1. The number of hydrogen-bond donors (Lipinski definition) is 1. The number of aromatic nitrogens is 1. The van der Waals surface area contributed by atoms with E-state index in [0.29, 0.717) is 27.9 Å². The number of amides is 1. The molecule has 1 amide bonds. The molecule has 0 unspecified atom stereocenters. The molecule has 0 saturated heterocycles. The average Bonchev–Trinajstić information content (AvgIpc) is 3.22. The summed E-state index contributed by atoms with van der Waals surface area (Å²) in [5.74, 6) is 1.72.